The summed E-state index contributed by atoms with van der Waals surface area (Å²) in [4.78, 5) is 0. The molecule has 2 aliphatic rings. The van der Waals surface area contributed by atoms with Crippen LogP contribution in [0.5, 0.6) is 5.75 Å². The zero-order valence-electron chi connectivity index (χ0n) is 10.4. The lowest BCUT2D eigenvalue weighted by Crippen LogP contribution is -2.51. The lowest BCUT2D eigenvalue weighted by Gasteiger charge is -2.44. The third-order valence-electron chi connectivity index (χ3n) is 4.96. The van der Waals surface area contributed by atoms with Crippen molar-refractivity contribution in [3.63, 3.8) is 0 Å². The van der Waals surface area contributed by atoms with Gasteiger partial charge in [-0.15, -0.1) is 0 Å². The minimum atomic E-state index is 0.0630. The standard InChI is InChI=1S/C15H21NO/c1-15-7-3-2-4-11(14(15)16)8-10-5-6-12(17)9-13(10)15/h5-6,9,11,14,17H,2-4,7-8,16H2,1H3/t11?,14-,15+/m0/s1. The van der Waals surface area contributed by atoms with Gasteiger partial charge < -0.3 is 10.8 Å². The fourth-order valence-corrected chi connectivity index (χ4v) is 3.87. The normalized spacial score (nSPS) is 36.1. The van der Waals surface area contributed by atoms with Crippen molar-refractivity contribution in [2.75, 3.05) is 0 Å². The molecule has 1 aromatic rings. The van der Waals surface area contributed by atoms with E-state index >= 15 is 0 Å². The summed E-state index contributed by atoms with van der Waals surface area (Å²) in [5.41, 5.74) is 9.26. The number of hydrogen-bond donors (Lipinski definition) is 2. The van der Waals surface area contributed by atoms with Crippen LogP contribution in [0.25, 0.3) is 0 Å². The maximum absolute atomic E-state index is 9.72. The van der Waals surface area contributed by atoms with Gasteiger partial charge in [0.2, 0.25) is 0 Å². The van der Waals surface area contributed by atoms with Crippen molar-refractivity contribution in [2.45, 2.75) is 50.5 Å². The molecule has 2 aliphatic carbocycles. The SMILES string of the molecule is C[C@@]12CCCCC(Cc3ccc(O)cc31)[C@@H]2N. The van der Waals surface area contributed by atoms with Gasteiger partial charge >= 0.3 is 0 Å². The van der Waals surface area contributed by atoms with E-state index in [2.05, 4.69) is 13.0 Å². The highest BCUT2D eigenvalue weighted by Crippen LogP contribution is 2.46. The smallest absolute Gasteiger partial charge is 0.115 e. The fraction of sp³-hybridized carbons (Fsp3) is 0.600. The van der Waals surface area contributed by atoms with E-state index in [1.807, 2.05) is 12.1 Å². The Kier molecular flexibility index (Phi) is 2.44. The number of hydrogen-bond acceptors (Lipinski definition) is 2. The molecular weight excluding hydrogens is 210 g/mol. The first-order chi connectivity index (χ1) is 8.11. The van der Waals surface area contributed by atoms with Gasteiger partial charge in [0.25, 0.3) is 0 Å². The average molecular weight is 231 g/mol. The van der Waals surface area contributed by atoms with Crippen LogP contribution in [0.2, 0.25) is 0 Å². The van der Waals surface area contributed by atoms with E-state index in [0.29, 0.717) is 11.7 Å². The molecule has 0 amide bonds. The molecule has 0 aliphatic heterocycles. The second-order valence-corrected chi connectivity index (χ2v) is 5.99. The first kappa shape index (κ1) is 11.1. The van der Waals surface area contributed by atoms with Crippen molar-refractivity contribution in [3.8, 4) is 5.75 Å². The summed E-state index contributed by atoms with van der Waals surface area (Å²) in [6.07, 6.45) is 6.06. The van der Waals surface area contributed by atoms with Crippen molar-refractivity contribution in [3.05, 3.63) is 29.3 Å². The minimum absolute atomic E-state index is 0.0630. The van der Waals surface area contributed by atoms with Crippen LogP contribution in [-0.4, -0.2) is 11.1 Å². The first-order valence-electron chi connectivity index (χ1n) is 6.69. The fourth-order valence-electron chi connectivity index (χ4n) is 3.87. The lowest BCUT2D eigenvalue weighted by atomic mass is 9.63. The molecule has 3 N–H and O–H groups in total. The Morgan fingerprint density at radius 1 is 1.35 bits per heavy atom. The van der Waals surface area contributed by atoms with E-state index in [0.717, 1.165) is 12.8 Å². The Bertz CT molecular complexity index is 443. The summed E-state index contributed by atoms with van der Waals surface area (Å²) < 4.78 is 0. The van der Waals surface area contributed by atoms with Crippen LogP contribution >= 0.6 is 0 Å². The highest BCUT2D eigenvalue weighted by molar-refractivity contribution is 5.43. The number of rotatable bonds is 0. The van der Waals surface area contributed by atoms with E-state index < -0.39 is 0 Å². The first-order valence-corrected chi connectivity index (χ1v) is 6.69. The van der Waals surface area contributed by atoms with E-state index in [1.54, 1.807) is 0 Å². The highest BCUT2D eigenvalue weighted by Gasteiger charge is 2.44. The second kappa shape index (κ2) is 3.74. The molecule has 0 heterocycles. The summed E-state index contributed by atoms with van der Waals surface area (Å²) in [6.45, 7) is 2.29. The summed E-state index contributed by atoms with van der Waals surface area (Å²) in [5.74, 6) is 0.999. The van der Waals surface area contributed by atoms with Crippen LogP contribution in [-0.2, 0) is 11.8 Å². The molecule has 2 bridgehead atoms. The van der Waals surface area contributed by atoms with E-state index in [4.69, 9.17) is 5.73 Å². The zero-order chi connectivity index (χ0) is 12.0. The molecule has 0 spiro atoms. The Balaban J connectivity index is 2.16. The molecule has 1 saturated carbocycles. The molecule has 3 rings (SSSR count). The number of benzene rings is 1. The van der Waals surface area contributed by atoms with Gasteiger partial charge in [0.1, 0.15) is 5.75 Å². The molecule has 3 atom stereocenters. The molecule has 92 valence electrons. The predicted octanol–water partition coefficient (Wildman–Crippen LogP) is 2.72. The van der Waals surface area contributed by atoms with Crippen LogP contribution < -0.4 is 5.73 Å². The molecule has 2 nitrogen and oxygen atoms in total. The van der Waals surface area contributed by atoms with Crippen molar-refractivity contribution in [1.29, 1.82) is 0 Å². The molecule has 0 radical (unpaired) electrons. The third kappa shape index (κ3) is 1.58. The van der Waals surface area contributed by atoms with Gasteiger partial charge in [0.15, 0.2) is 0 Å². The topological polar surface area (TPSA) is 46.2 Å². The van der Waals surface area contributed by atoms with Crippen LogP contribution in [0.1, 0.15) is 43.7 Å². The van der Waals surface area contributed by atoms with E-state index in [9.17, 15) is 5.11 Å². The second-order valence-electron chi connectivity index (χ2n) is 5.99. The van der Waals surface area contributed by atoms with Crippen LogP contribution in [0.15, 0.2) is 18.2 Å². The zero-order valence-corrected chi connectivity index (χ0v) is 10.4. The Hall–Kier alpha value is -1.02. The number of fused-ring (bicyclic) bond motifs is 4. The monoisotopic (exact) mass is 231 g/mol. The summed E-state index contributed by atoms with van der Waals surface area (Å²) in [5, 5.41) is 9.72. The van der Waals surface area contributed by atoms with Gasteiger partial charge in [0.05, 0.1) is 0 Å². The third-order valence-corrected chi connectivity index (χ3v) is 4.96. The quantitative estimate of drug-likeness (QED) is 0.721. The largest absolute Gasteiger partial charge is 0.508 e. The van der Waals surface area contributed by atoms with E-state index in [-0.39, 0.29) is 11.5 Å². The molecule has 0 saturated heterocycles. The van der Waals surface area contributed by atoms with Gasteiger partial charge in [-0.3, -0.25) is 0 Å². The molecular formula is C15H21NO. The Morgan fingerprint density at radius 3 is 3.00 bits per heavy atom. The summed E-state index contributed by atoms with van der Waals surface area (Å²) >= 11 is 0. The van der Waals surface area contributed by atoms with E-state index in [1.165, 1.54) is 30.4 Å². The van der Waals surface area contributed by atoms with Crippen molar-refractivity contribution >= 4 is 0 Å². The molecule has 2 heteroatoms. The number of phenols is 1. The number of nitrogens with two attached hydrogens (primary N) is 1. The molecule has 0 aromatic heterocycles. The maximum atomic E-state index is 9.72. The van der Waals surface area contributed by atoms with Crippen LogP contribution in [0, 0.1) is 5.92 Å². The highest BCUT2D eigenvalue weighted by atomic mass is 16.3. The van der Waals surface area contributed by atoms with Gasteiger partial charge in [-0.25, -0.2) is 0 Å². The lowest BCUT2D eigenvalue weighted by molar-refractivity contribution is 0.254. The molecule has 1 unspecified atom stereocenters. The van der Waals surface area contributed by atoms with Crippen LogP contribution in [0.4, 0.5) is 0 Å². The number of phenolic OH excluding ortho intramolecular Hbond substituents is 1. The van der Waals surface area contributed by atoms with Gasteiger partial charge in [-0.05, 0) is 48.4 Å². The Labute approximate surface area is 103 Å². The molecule has 1 fully saturated rings. The number of aromatic hydroxyl groups is 1. The van der Waals surface area contributed by atoms with Gasteiger partial charge in [-0.2, -0.15) is 0 Å². The van der Waals surface area contributed by atoms with Gasteiger partial charge in [0, 0.05) is 11.5 Å². The van der Waals surface area contributed by atoms with Crippen molar-refractivity contribution in [1.82, 2.24) is 0 Å². The van der Waals surface area contributed by atoms with Crippen molar-refractivity contribution in [2.24, 2.45) is 11.7 Å². The minimum Gasteiger partial charge on any atom is -0.508 e. The van der Waals surface area contributed by atoms with Crippen LogP contribution in [0.3, 0.4) is 0 Å². The van der Waals surface area contributed by atoms with Crippen molar-refractivity contribution < 1.29 is 5.11 Å². The summed E-state index contributed by atoms with van der Waals surface area (Å²) in [7, 11) is 0. The average Bonchev–Trinajstić information content (AvgIpc) is 2.41. The summed E-state index contributed by atoms with van der Waals surface area (Å²) in [6, 6.07) is 6.09. The maximum Gasteiger partial charge on any atom is 0.115 e. The predicted molar refractivity (Wildman–Crippen MR) is 69.1 cm³/mol. The molecule has 1 aromatic carbocycles. The van der Waals surface area contributed by atoms with Gasteiger partial charge in [-0.1, -0.05) is 25.8 Å². The molecule has 17 heavy (non-hydrogen) atoms. The Morgan fingerprint density at radius 2 is 2.18 bits per heavy atom.